The van der Waals surface area contributed by atoms with E-state index in [2.05, 4.69) is 20.0 Å². The molecule has 2 aromatic rings. The number of anilines is 1. The highest BCUT2D eigenvalue weighted by Crippen LogP contribution is 2.33. The van der Waals surface area contributed by atoms with Gasteiger partial charge in [0.05, 0.1) is 16.0 Å². The lowest BCUT2D eigenvalue weighted by Gasteiger charge is -2.27. The van der Waals surface area contributed by atoms with Crippen LogP contribution in [0.4, 0.5) is 5.82 Å². The Labute approximate surface area is 181 Å². The third-order valence-electron chi connectivity index (χ3n) is 4.98. The van der Waals surface area contributed by atoms with Crippen molar-refractivity contribution in [3.8, 4) is 11.8 Å². The van der Waals surface area contributed by atoms with Gasteiger partial charge in [-0.1, -0.05) is 30.7 Å². The maximum absolute atomic E-state index is 12.4. The summed E-state index contributed by atoms with van der Waals surface area (Å²) in [5, 5.41) is 2.61. The second-order valence-corrected chi connectivity index (χ2v) is 10.4. The van der Waals surface area contributed by atoms with E-state index < -0.39 is 15.3 Å². The minimum atomic E-state index is -3.62. The minimum Gasteiger partial charge on any atom is -0.422 e. The lowest BCUT2D eigenvalue weighted by atomic mass is 9.89. The lowest BCUT2D eigenvalue weighted by molar-refractivity contribution is -0.126. The number of rotatable bonds is 6. The molecule has 1 amide bonds. The number of halogens is 1. The molecule has 3 rings (SSSR count). The van der Waals surface area contributed by atoms with E-state index in [0.717, 1.165) is 5.56 Å². The maximum Gasteiger partial charge on any atom is 0.324 e. The molecular weight excluding hydrogens is 428 g/mol. The SMILES string of the molecule is Cc1cccc(Cl)c1Oc1nc(NS(=O)(=O)C(C)C)cc(C2CNC(=O)C(C)C2)n1. The number of carbonyl (C=O) groups excluding carboxylic acids is 1. The van der Waals surface area contributed by atoms with Crippen LogP contribution in [0.5, 0.6) is 11.8 Å². The van der Waals surface area contributed by atoms with Gasteiger partial charge in [0.2, 0.25) is 15.9 Å². The van der Waals surface area contributed by atoms with Crippen molar-refractivity contribution in [2.45, 2.75) is 45.3 Å². The van der Waals surface area contributed by atoms with E-state index in [0.29, 0.717) is 29.4 Å². The molecule has 1 saturated heterocycles. The lowest BCUT2D eigenvalue weighted by Crippen LogP contribution is -2.39. The molecule has 1 aromatic heterocycles. The van der Waals surface area contributed by atoms with E-state index in [4.69, 9.17) is 16.3 Å². The van der Waals surface area contributed by atoms with E-state index in [-0.39, 0.29) is 29.6 Å². The standard InChI is InChI=1S/C20H25ClN4O4S/c1-11(2)30(27,28)25-17-9-16(14-8-13(4)19(26)22-10-14)23-20(24-17)29-18-12(3)6-5-7-15(18)21/h5-7,9,11,13-14H,8,10H2,1-4H3,(H,22,26)(H,23,24,25). The Hall–Kier alpha value is -2.39. The highest BCUT2D eigenvalue weighted by Gasteiger charge is 2.28. The number of aryl methyl sites for hydroxylation is 1. The van der Waals surface area contributed by atoms with Gasteiger partial charge in [0, 0.05) is 24.4 Å². The first-order chi connectivity index (χ1) is 14.1. The number of para-hydroxylation sites is 1. The maximum atomic E-state index is 12.4. The highest BCUT2D eigenvalue weighted by atomic mass is 35.5. The predicted octanol–water partition coefficient (Wildman–Crippen LogP) is 3.62. The Morgan fingerprint density at radius 2 is 2.03 bits per heavy atom. The van der Waals surface area contributed by atoms with Gasteiger partial charge in [-0.05, 0) is 38.8 Å². The van der Waals surface area contributed by atoms with Gasteiger partial charge in [0.25, 0.3) is 0 Å². The van der Waals surface area contributed by atoms with Gasteiger partial charge in [-0.25, -0.2) is 8.42 Å². The largest absolute Gasteiger partial charge is 0.422 e. The van der Waals surface area contributed by atoms with Crippen LogP contribution in [-0.4, -0.2) is 36.1 Å². The molecule has 1 fully saturated rings. The Kier molecular flexibility index (Phi) is 6.52. The Balaban J connectivity index is 2.01. The van der Waals surface area contributed by atoms with Crippen LogP contribution in [-0.2, 0) is 14.8 Å². The van der Waals surface area contributed by atoms with E-state index >= 15 is 0 Å². The summed E-state index contributed by atoms with van der Waals surface area (Å²) in [6, 6.07) is 6.90. The molecule has 0 aliphatic carbocycles. The monoisotopic (exact) mass is 452 g/mol. The van der Waals surface area contributed by atoms with Gasteiger partial charge in [0.1, 0.15) is 5.82 Å². The van der Waals surface area contributed by atoms with E-state index in [9.17, 15) is 13.2 Å². The van der Waals surface area contributed by atoms with Crippen LogP contribution >= 0.6 is 11.6 Å². The van der Waals surface area contributed by atoms with Gasteiger partial charge in [-0.2, -0.15) is 9.97 Å². The quantitative estimate of drug-likeness (QED) is 0.692. The number of hydrogen-bond donors (Lipinski definition) is 2. The average molecular weight is 453 g/mol. The Morgan fingerprint density at radius 3 is 2.67 bits per heavy atom. The van der Waals surface area contributed by atoms with E-state index in [1.807, 2.05) is 19.9 Å². The predicted molar refractivity (Wildman–Crippen MR) is 116 cm³/mol. The van der Waals surface area contributed by atoms with Gasteiger partial charge in [0.15, 0.2) is 5.75 Å². The number of nitrogens with one attached hydrogen (secondary N) is 2. The Morgan fingerprint density at radius 1 is 1.30 bits per heavy atom. The fourth-order valence-corrected chi connectivity index (χ4v) is 3.98. The summed E-state index contributed by atoms with van der Waals surface area (Å²) < 4.78 is 33.1. The number of carbonyl (C=O) groups is 1. The van der Waals surface area contributed by atoms with Gasteiger partial charge < -0.3 is 10.1 Å². The molecule has 2 atom stereocenters. The topological polar surface area (TPSA) is 110 Å². The molecule has 2 heterocycles. The summed E-state index contributed by atoms with van der Waals surface area (Å²) in [7, 11) is -3.62. The molecule has 0 saturated carbocycles. The zero-order valence-electron chi connectivity index (χ0n) is 17.3. The van der Waals surface area contributed by atoms with Crippen molar-refractivity contribution in [3.63, 3.8) is 0 Å². The minimum absolute atomic E-state index is 0.00999. The molecule has 30 heavy (non-hydrogen) atoms. The van der Waals surface area contributed by atoms with Crippen LogP contribution in [0.15, 0.2) is 24.3 Å². The summed E-state index contributed by atoms with van der Waals surface area (Å²) >= 11 is 6.25. The van der Waals surface area contributed by atoms with Crippen molar-refractivity contribution in [2.24, 2.45) is 5.92 Å². The fourth-order valence-electron chi connectivity index (χ4n) is 3.09. The molecule has 1 aliphatic heterocycles. The number of piperidine rings is 1. The molecule has 0 radical (unpaired) electrons. The molecule has 162 valence electrons. The normalized spacial score (nSPS) is 19.5. The van der Waals surface area contributed by atoms with Gasteiger partial charge in [-0.3, -0.25) is 9.52 Å². The third kappa shape index (κ3) is 5.02. The molecule has 10 heteroatoms. The highest BCUT2D eigenvalue weighted by molar-refractivity contribution is 7.93. The number of benzene rings is 1. The third-order valence-corrected chi connectivity index (χ3v) is 7.01. The molecule has 1 aliphatic rings. The summed E-state index contributed by atoms with van der Waals surface area (Å²) in [4.78, 5) is 20.5. The number of hydrogen-bond acceptors (Lipinski definition) is 6. The van der Waals surface area contributed by atoms with Crippen molar-refractivity contribution in [1.82, 2.24) is 15.3 Å². The molecule has 2 unspecified atom stereocenters. The first-order valence-electron chi connectivity index (χ1n) is 9.68. The van der Waals surface area contributed by atoms with Crippen molar-refractivity contribution in [3.05, 3.63) is 40.5 Å². The first kappa shape index (κ1) is 22.3. The second kappa shape index (κ2) is 8.77. The number of amides is 1. The van der Waals surface area contributed by atoms with Crippen LogP contribution in [0.25, 0.3) is 0 Å². The molecule has 8 nitrogen and oxygen atoms in total. The van der Waals surface area contributed by atoms with Gasteiger partial charge >= 0.3 is 6.01 Å². The number of aromatic nitrogens is 2. The molecule has 0 bridgehead atoms. The smallest absolute Gasteiger partial charge is 0.324 e. The second-order valence-electron chi connectivity index (χ2n) is 7.72. The van der Waals surface area contributed by atoms with E-state index in [1.165, 1.54) is 0 Å². The summed E-state index contributed by atoms with van der Waals surface area (Å²) in [5.74, 6) is 0.226. The van der Waals surface area contributed by atoms with Crippen LogP contribution in [0, 0.1) is 12.8 Å². The van der Waals surface area contributed by atoms with Crippen LogP contribution in [0.1, 0.15) is 44.4 Å². The first-order valence-corrected chi connectivity index (χ1v) is 11.6. The van der Waals surface area contributed by atoms with Crippen molar-refractivity contribution < 1.29 is 17.9 Å². The molecular formula is C20H25ClN4O4S. The summed E-state index contributed by atoms with van der Waals surface area (Å²) in [5.41, 5.74) is 1.37. The molecule has 1 aromatic carbocycles. The number of sulfonamides is 1. The number of nitrogens with zero attached hydrogens (tertiary/aromatic N) is 2. The van der Waals surface area contributed by atoms with Crippen LogP contribution in [0.3, 0.4) is 0 Å². The van der Waals surface area contributed by atoms with Crippen molar-refractivity contribution >= 4 is 33.3 Å². The van der Waals surface area contributed by atoms with Crippen molar-refractivity contribution in [2.75, 3.05) is 11.3 Å². The number of ether oxygens (including phenoxy) is 1. The average Bonchev–Trinajstić information content (AvgIpc) is 2.66. The fraction of sp³-hybridized carbons (Fsp3) is 0.450. The van der Waals surface area contributed by atoms with E-state index in [1.54, 1.807) is 32.0 Å². The molecule has 2 N–H and O–H groups in total. The van der Waals surface area contributed by atoms with Crippen molar-refractivity contribution in [1.29, 1.82) is 0 Å². The van der Waals surface area contributed by atoms with Gasteiger partial charge in [-0.15, -0.1) is 0 Å². The molecule has 0 spiro atoms. The zero-order valence-corrected chi connectivity index (χ0v) is 18.8. The summed E-state index contributed by atoms with van der Waals surface area (Å²) in [6.07, 6.45) is 0.587. The zero-order chi connectivity index (χ0) is 22.1. The van der Waals surface area contributed by atoms with Crippen LogP contribution < -0.4 is 14.8 Å². The Bertz CT molecular complexity index is 1040. The summed E-state index contributed by atoms with van der Waals surface area (Å²) in [6.45, 7) is 7.24. The van der Waals surface area contributed by atoms with Crippen LogP contribution in [0.2, 0.25) is 5.02 Å².